The van der Waals surface area contributed by atoms with Crippen LogP contribution in [0.25, 0.3) is 0 Å². The Hall–Kier alpha value is -2.05. The number of hydrogen-bond donors (Lipinski definition) is 4. The third-order valence-corrected chi connectivity index (χ3v) is 12.4. The maximum absolute atomic E-state index is 14.3. The minimum Gasteiger partial charge on any atom is -0.459 e. The maximum atomic E-state index is 14.3. The number of carbonyl (C=O) groups is 3. The predicted octanol–water partition coefficient (Wildman–Crippen LogP) is 2.83. The summed E-state index contributed by atoms with van der Waals surface area (Å²) in [5.41, 5.74) is -4.36. The van der Waals surface area contributed by atoms with Crippen molar-refractivity contribution in [3.8, 4) is 0 Å². The molecule has 0 aromatic carbocycles. The van der Waals surface area contributed by atoms with Crippen molar-refractivity contribution in [2.75, 3.05) is 21.3 Å². The molecule has 55 heavy (non-hydrogen) atoms. The van der Waals surface area contributed by atoms with Crippen molar-refractivity contribution in [2.45, 2.75) is 179 Å². The van der Waals surface area contributed by atoms with Crippen LogP contribution < -0.4 is 5.32 Å². The number of carbonyl (C=O) groups excluding carboxylic acids is 3. The Morgan fingerprint density at radius 2 is 1.55 bits per heavy atom. The molecule has 0 aliphatic carbocycles. The van der Waals surface area contributed by atoms with Crippen LogP contribution in [-0.2, 0) is 52.3 Å². The fourth-order valence-corrected chi connectivity index (χ4v) is 8.76. The van der Waals surface area contributed by atoms with E-state index in [1.807, 2.05) is 13.8 Å². The minimum atomic E-state index is -1.99. The highest BCUT2D eigenvalue weighted by atomic mass is 16.7. The Kier molecular flexibility index (Phi) is 16.5. The van der Waals surface area contributed by atoms with Crippen molar-refractivity contribution < 1.29 is 67.6 Å². The Morgan fingerprint density at radius 3 is 2.09 bits per heavy atom. The third-order valence-electron chi connectivity index (χ3n) is 12.4. The summed E-state index contributed by atoms with van der Waals surface area (Å²) in [6.45, 7) is 20.4. The van der Waals surface area contributed by atoms with Gasteiger partial charge in [-0.15, -0.1) is 0 Å². The van der Waals surface area contributed by atoms with Crippen LogP contribution in [0.15, 0.2) is 12.7 Å². The van der Waals surface area contributed by atoms with Crippen LogP contribution in [0.1, 0.15) is 94.9 Å². The monoisotopic (exact) mass is 787 g/mol. The molecule has 0 aromatic rings. The zero-order valence-electron chi connectivity index (χ0n) is 35.1. The molecule has 3 fully saturated rings. The molecule has 0 amide bonds. The summed E-state index contributed by atoms with van der Waals surface area (Å²) in [6, 6.07) is -0.356. The number of nitrogens with one attached hydrogen (secondary N) is 1. The maximum Gasteiger partial charge on any atom is 0.330 e. The molecule has 0 spiro atoms. The van der Waals surface area contributed by atoms with Gasteiger partial charge in [0.1, 0.15) is 29.2 Å². The number of esters is 2. The van der Waals surface area contributed by atoms with Crippen LogP contribution in [0.4, 0.5) is 0 Å². The number of methoxy groups -OCH3 is 2. The lowest BCUT2D eigenvalue weighted by Crippen LogP contribution is -2.61. The number of likely N-dealkylation sites (N-methyl/N-ethyl adjacent to an activating group) is 1. The first-order valence-corrected chi connectivity index (χ1v) is 19.6. The molecule has 15 nitrogen and oxygen atoms in total. The van der Waals surface area contributed by atoms with Gasteiger partial charge >= 0.3 is 11.9 Å². The van der Waals surface area contributed by atoms with E-state index < -0.39 is 108 Å². The zero-order valence-corrected chi connectivity index (χ0v) is 35.1. The van der Waals surface area contributed by atoms with Crippen LogP contribution >= 0.6 is 0 Å². The predicted molar refractivity (Wildman–Crippen MR) is 200 cm³/mol. The summed E-state index contributed by atoms with van der Waals surface area (Å²) in [7, 11) is 4.73. The third kappa shape index (κ3) is 10.3. The van der Waals surface area contributed by atoms with Crippen molar-refractivity contribution in [1.29, 1.82) is 0 Å². The molecule has 1 unspecified atom stereocenters. The Balaban J connectivity index is 2.21. The standard InChI is InChI=1S/C40H69NO14/c1-15-27-40(11,47)33(45)22(5)30(43)20(3)18-38(9,48-13)34(55-37-31(44)26(41-12)17-21(4)50-37)23(6)32(24(7)36(46)52-27)54-29-19-39(10,49-14)35(25(8)51-29)53-28(42)16-2/h16,20-27,29,31-35,37,41,44-45,47H,2,15,17-19H2,1,3-14H3/t20-,21-,22+,23+,24-,25+,26+,27-,29+,31-,32+,33-,34-,35?,37+,38-,39-,40-/m1/s1. The second-order valence-electron chi connectivity index (χ2n) is 16.6. The van der Waals surface area contributed by atoms with Gasteiger partial charge in [0.15, 0.2) is 18.7 Å². The summed E-state index contributed by atoms with van der Waals surface area (Å²) < 4.78 is 49.9. The second kappa shape index (κ2) is 19.1. The van der Waals surface area contributed by atoms with E-state index >= 15 is 0 Å². The fourth-order valence-electron chi connectivity index (χ4n) is 8.76. The van der Waals surface area contributed by atoms with Crippen LogP contribution in [0.2, 0.25) is 0 Å². The number of hydrogen-bond acceptors (Lipinski definition) is 15. The average Bonchev–Trinajstić information content (AvgIpc) is 3.15. The molecular weight excluding hydrogens is 718 g/mol. The number of rotatable bonds is 10. The summed E-state index contributed by atoms with van der Waals surface area (Å²) in [5, 5.41) is 37.7. The molecule has 318 valence electrons. The second-order valence-corrected chi connectivity index (χ2v) is 16.6. The van der Waals surface area contributed by atoms with Crippen molar-refractivity contribution in [1.82, 2.24) is 5.32 Å². The Morgan fingerprint density at radius 1 is 0.945 bits per heavy atom. The zero-order chi connectivity index (χ0) is 41.8. The van der Waals surface area contributed by atoms with E-state index in [1.165, 1.54) is 21.1 Å². The van der Waals surface area contributed by atoms with Gasteiger partial charge in [-0.2, -0.15) is 0 Å². The van der Waals surface area contributed by atoms with Gasteiger partial charge in [-0.05, 0) is 67.9 Å². The van der Waals surface area contributed by atoms with E-state index in [1.54, 1.807) is 55.5 Å². The van der Waals surface area contributed by atoms with E-state index in [0.717, 1.165) is 6.08 Å². The highest BCUT2D eigenvalue weighted by Crippen LogP contribution is 2.42. The van der Waals surface area contributed by atoms with Crippen LogP contribution in [0, 0.1) is 23.7 Å². The van der Waals surface area contributed by atoms with Crippen molar-refractivity contribution in [3.63, 3.8) is 0 Å². The van der Waals surface area contributed by atoms with Crippen molar-refractivity contribution in [2.24, 2.45) is 23.7 Å². The van der Waals surface area contributed by atoms with Crippen molar-refractivity contribution in [3.05, 3.63) is 12.7 Å². The molecule has 3 aliphatic heterocycles. The number of ketones is 1. The van der Waals surface area contributed by atoms with Gasteiger partial charge in [-0.25, -0.2) is 4.79 Å². The quantitative estimate of drug-likeness (QED) is 0.186. The topological polar surface area (TPSA) is 198 Å². The molecular formula is C40H69NO14. The summed E-state index contributed by atoms with van der Waals surface area (Å²) in [6.07, 6.45) is -8.02. The Labute approximate surface area is 327 Å². The molecule has 3 heterocycles. The van der Waals surface area contributed by atoms with Crippen LogP contribution in [-0.4, -0.2) is 139 Å². The first-order chi connectivity index (χ1) is 25.5. The molecule has 3 aliphatic rings. The van der Waals surface area contributed by atoms with Gasteiger partial charge in [0.05, 0.1) is 42.0 Å². The first-order valence-electron chi connectivity index (χ1n) is 19.6. The van der Waals surface area contributed by atoms with Gasteiger partial charge in [0.2, 0.25) is 0 Å². The Bertz CT molecular complexity index is 1310. The average molecular weight is 788 g/mol. The molecule has 0 bridgehead atoms. The lowest BCUT2D eigenvalue weighted by molar-refractivity contribution is -0.318. The lowest BCUT2D eigenvalue weighted by Gasteiger charge is -2.49. The van der Waals surface area contributed by atoms with Gasteiger partial charge in [-0.1, -0.05) is 34.3 Å². The molecule has 18 atom stereocenters. The molecule has 3 rings (SSSR count). The van der Waals surface area contributed by atoms with E-state index in [4.69, 9.17) is 37.9 Å². The largest absolute Gasteiger partial charge is 0.459 e. The van der Waals surface area contributed by atoms with E-state index in [9.17, 15) is 29.7 Å². The molecule has 0 radical (unpaired) electrons. The molecule has 0 aromatic heterocycles. The first kappa shape index (κ1) is 47.3. The SMILES string of the molecule is C=CC(=O)OC1[C@H](C)O[C@@H](O[C@H]2[C@H](C)[C@@H](O[C@@H]3O[C@H](C)C[C@H](NC)[C@H]3O)[C@](C)(OC)C[C@@H](C)C(=O)[C@H](C)[C@@H](O)[C@](C)(O)[C@@H](CC)OC(=O)[C@@H]2C)C[C@@]1(C)OC. The highest BCUT2D eigenvalue weighted by Gasteiger charge is 2.54. The van der Waals surface area contributed by atoms with Crippen LogP contribution in [0.3, 0.4) is 0 Å². The van der Waals surface area contributed by atoms with Gasteiger partial charge < -0.3 is 58.5 Å². The van der Waals surface area contributed by atoms with Gasteiger partial charge in [0.25, 0.3) is 0 Å². The van der Waals surface area contributed by atoms with Gasteiger partial charge in [-0.3, -0.25) is 9.59 Å². The van der Waals surface area contributed by atoms with Crippen molar-refractivity contribution >= 4 is 17.7 Å². The van der Waals surface area contributed by atoms with Crippen LogP contribution in [0.5, 0.6) is 0 Å². The smallest absolute Gasteiger partial charge is 0.330 e. The summed E-state index contributed by atoms with van der Waals surface area (Å²) in [5.74, 6) is -5.29. The van der Waals surface area contributed by atoms with E-state index in [0.29, 0.717) is 6.42 Å². The van der Waals surface area contributed by atoms with E-state index in [2.05, 4.69) is 11.9 Å². The fraction of sp³-hybridized carbons (Fsp3) is 0.875. The number of aliphatic hydroxyl groups excluding tert-OH is 2. The minimum absolute atomic E-state index is 0.0781. The van der Waals surface area contributed by atoms with Gasteiger partial charge in [0, 0.05) is 50.5 Å². The lowest BCUT2D eigenvalue weighted by atomic mass is 9.74. The van der Waals surface area contributed by atoms with E-state index in [-0.39, 0.29) is 37.2 Å². The number of cyclic esters (lactones) is 1. The summed E-state index contributed by atoms with van der Waals surface area (Å²) in [4.78, 5) is 40.6. The molecule has 3 saturated heterocycles. The molecule has 0 saturated carbocycles. The number of ether oxygens (including phenoxy) is 8. The highest BCUT2D eigenvalue weighted by molar-refractivity contribution is 5.83. The number of aliphatic hydroxyl groups is 3. The normalized spacial score (nSPS) is 46.7. The molecule has 15 heteroatoms. The summed E-state index contributed by atoms with van der Waals surface area (Å²) >= 11 is 0. The number of Topliss-reactive ketones (excluding diaryl/α,β-unsaturated/α-hetero) is 1. The molecule has 4 N–H and O–H groups in total.